The van der Waals surface area contributed by atoms with Crippen molar-refractivity contribution in [3.8, 4) is 11.5 Å². The van der Waals surface area contributed by atoms with E-state index in [-0.39, 0.29) is 11.2 Å². The van der Waals surface area contributed by atoms with Gasteiger partial charge in [0.05, 0.1) is 7.11 Å². The van der Waals surface area contributed by atoms with E-state index in [4.69, 9.17) is 9.47 Å². The first-order chi connectivity index (χ1) is 14.7. The van der Waals surface area contributed by atoms with Crippen LogP contribution >= 0.6 is 11.3 Å². The molecule has 0 saturated heterocycles. The Morgan fingerprint density at radius 2 is 1.74 bits per heavy atom. The topological polar surface area (TPSA) is 35.5 Å². The van der Waals surface area contributed by atoms with Gasteiger partial charge in [0.1, 0.15) is 18.1 Å². The Labute approximate surface area is 189 Å². The van der Waals surface area contributed by atoms with Crippen LogP contribution in [0, 0.1) is 13.8 Å². The van der Waals surface area contributed by atoms with Gasteiger partial charge in [-0.1, -0.05) is 45.0 Å². The van der Waals surface area contributed by atoms with Gasteiger partial charge in [0, 0.05) is 20.9 Å². The molecule has 0 spiro atoms. The molecule has 0 aliphatic rings. The number of thiophene rings is 1. The third-order valence-electron chi connectivity index (χ3n) is 5.15. The Balaban J connectivity index is 1.73. The Kier molecular flexibility index (Phi) is 7.01. The lowest BCUT2D eigenvalue weighted by Crippen LogP contribution is -2.10. The van der Waals surface area contributed by atoms with E-state index in [1.54, 1.807) is 24.5 Å². The average Bonchev–Trinajstić information content (AvgIpc) is 3.08. The average molecular weight is 435 g/mol. The van der Waals surface area contributed by atoms with Gasteiger partial charge in [0.2, 0.25) is 0 Å². The highest BCUT2D eigenvalue weighted by atomic mass is 32.1. The number of ketones is 1. The molecule has 0 radical (unpaired) electrons. The fourth-order valence-electron chi connectivity index (χ4n) is 3.36. The lowest BCUT2D eigenvalue weighted by atomic mass is 9.87. The summed E-state index contributed by atoms with van der Waals surface area (Å²) in [4.78, 5) is 14.7. The maximum absolute atomic E-state index is 12.5. The molecule has 3 rings (SSSR count). The number of rotatable bonds is 7. The van der Waals surface area contributed by atoms with E-state index < -0.39 is 0 Å². The van der Waals surface area contributed by atoms with Crippen LogP contribution in [0.3, 0.4) is 0 Å². The first-order valence-corrected chi connectivity index (χ1v) is 11.2. The molecule has 0 N–H and O–H groups in total. The molecule has 0 amide bonds. The summed E-state index contributed by atoms with van der Waals surface area (Å²) in [7, 11) is 1.65. The number of aryl methyl sites for hydroxylation is 2. The van der Waals surface area contributed by atoms with Crippen LogP contribution in [-0.2, 0) is 12.0 Å². The molecule has 0 saturated carbocycles. The summed E-state index contributed by atoms with van der Waals surface area (Å²) in [6, 6.07) is 16.0. The first-order valence-electron chi connectivity index (χ1n) is 10.4. The second-order valence-corrected chi connectivity index (χ2v) is 10.1. The summed E-state index contributed by atoms with van der Waals surface area (Å²) < 4.78 is 11.5. The molecular weight excluding hydrogens is 404 g/mol. The summed E-state index contributed by atoms with van der Waals surface area (Å²) >= 11 is 1.65. The van der Waals surface area contributed by atoms with Crippen molar-refractivity contribution in [2.75, 3.05) is 7.11 Å². The third-order valence-corrected chi connectivity index (χ3v) is 6.12. The number of benzene rings is 2. The molecule has 0 fully saturated rings. The van der Waals surface area contributed by atoms with Crippen LogP contribution in [0.25, 0.3) is 6.08 Å². The van der Waals surface area contributed by atoms with Gasteiger partial charge in [-0.25, -0.2) is 0 Å². The summed E-state index contributed by atoms with van der Waals surface area (Å²) in [6.45, 7) is 11.0. The highest BCUT2D eigenvalue weighted by Crippen LogP contribution is 2.27. The number of allylic oxidation sites excluding steroid dienone is 1. The summed E-state index contributed by atoms with van der Waals surface area (Å²) in [5.74, 6) is 1.60. The number of ether oxygens (including phenoxy) is 2. The van der Waals surface area contributed by atoms with Crippen molar-refractivity contribution in [3.05, 3.63) is 86.6 Å². The van der Waals surface area contributed by atoms with Gasteiger partial charge >= 0.3 is 0 Å². The van der Waals surface area contributed by atoms with Crippen molar-refractivity contribution in [2.45, 2.75) is 46.6 Å². The number of methoxy groups -OCH3 is 1. The normalized spacial score (nSPS) is 11.7. The minimum atomic E-state index is 0.0226. The van der Waals surface area contributed by atoms with Gasteiger partial charge in [-0.2, -0.15) is 0 Å². The molecule has 162 valence electrons. The van der Waals surface area contributed by atoms with Crippen LogP contribution in [0.5, 0.6) is 11.5 Å². The summed E-state index contributed by atoms with van der Waals surface area (Å²) in [5.41, 5.74) is 4.01. The van der Waals surface area contributed by atoms with Crippen molar-refractivity contribution < 1.29 is 14.3 Å². The van der Waals surface area contributed by atoms with E-state index >= 15 is 0 Å². The summed E-state index contributed by atoms with van der Waals surface area (Å²) in [6.07, 6.45) is 3.47. The third kappa shape index (κ3) is 5.86. The zero-order valence-corrected chi connectivity index (χ0v) is 19.9. The SMILES string of the molecule is COc1ccc(/C=C/C(=O)c2cc(C)sc2C)cc1COc1ccc(C(C)(C)C)cc1. The monoisotopic (exact) mass is 434 g/mol. The molecule has 0 aliphatic heterocycles. The van der Waals surface area contributed by atoms with Crippen molar-refractivity contribution >= 4 is 23.2 Å². The number of hydrogen-bond donors (Lipinski definition) is 0. The van der Waals surface area contributed by atoms with Crippen molar-refractivity contribution in [2.24, 2.45) is 0 Å². The quantitative estimate of drug-likeness (QED) is 0.293. The molecule has 3 nitrogen and oxygen atoms in total. The second kappa shape index (κ2) is 9.52. The molecule has 1 heterocycles. The Bertz CT molecular complexity index is 1080. The highest BCUT2D eigenvalue weighted by Gasteiger charge is 2.13. The van der Waals surface area contributed by atoms with Gasteiger partial charge in [0.25, 0.3) is 0 Å². The predicted molar refractivity (Wildman–Crippen MR) is 130 cm³/mol. The van der Waals surface area contributed by atoms with E-state index in [1.165, 1.54) is 5.56 Å². The van der Waals surface area contributed by atoms with Gasteiger partial charge in [0.15, 0.2) is 5.78 Å². The first kappa shape index (κ1) is 22.8. The predicted octanol–water partition coefficient (Wildman–Crippen LogP) is 7.15. The molecule has 0 aliphatic carbocycles. The van der Waals surface area contributed by atoms with Crippen molar-refractivity contribution in [1.29, 1.82) is 0 Å². The van der Waals surface area contributed by atoms with Crippen LogP contribution in [0.2, 0.25) is 0 Å². The van der Waals surface area contributed by atoms with Gasteiger partial charge in [-0.3, -0.25) is 4.79 Å². The Morgan fingerprint density at radius 3 is 2.32 bits per heavy atom. The van der Waals surface area contributed by atoms with Crippen molar-refractivity contribution in [3.63, 3.8) is 0 Å². The zero-order valence-electron chi connectivity index (χ0n) is 19.1. The van der Waals surface area contributed by atoms with E-state index in [0.717, 1.165) is 37.9 Å². The smallest absolute Gasteiger partial charge is 0.186 e. The lowest BCUT2D eigenvalue weighted by Gasteiger charge is -2.19. The molecule has 2 aromatic carbocycles. The standard InChI is InChI=1S/C27H30O3S/c1-18-15-24(19(2)31-18)25(28)13-7-20-8-14-26(29-6)21(16-20)17-30-23-11-9-22(10-12-23)27(3,4)5/h7-16H,17H2,1-6H3/b13-7+. The molecule has 0 unspecified atom stereocenters. The molecule has 0 bridgehead atoms. The van der Waals surface area contributed by atoms with Gasteiger partial charge in [-0.15, -0.1) is 11.3 Å². The Hall–Kier alpha value is -2.85. The van der Waals surface area contributed by atoms with Crippen LogP contribution < -0.4 is 9.47 Å². The van der Waals surface area contributed by atoms with Crippen LogP contribution in [-0.4, -0.2) is 12.9 Å². The largest absolute Gasteiger partial charge is 0.496 e. The van der Waals surface area contributed by atoms with E-state index in [0.29, 0.717) is 6.61 Å². The van der Waals surface area contributed by atoms with E-state index in [2.05, 4.69) is 32.9 Å². The highest BCUT2D eigenvalue weighted by molar-refractivity contribution is 7.12. The Morgan fingerprint density at radius 1 is 1.03 bits per heavy atom. The second-order valence-electron chi connectivity index (χ2n) is 8.66. The van der Waals surface area contributed by atoms with E-state index in [9.17, 15) is 4.79 Å². The maximum atomic E-state index is 12.5. The number of carbonyl (C=O) groups is 1. The fraction of sp³-hybridized carbons (Fsp3) is 0.296. The molecule has 31 heavy (non-hydrogen) atoms. The maximum Gasteiger partial charge on any atom is 0.186 e. The number of hydrogen-bond acceptors (Lipinski definition) is 4. The fourth-order valence-corrected chi connectivity index (χ4v) is 4.29. The molecule has 4 heteroatoms. The summed E-state index contributed by atoms with van der Waals surface area (Å²) in [5, 5.41) is 0. The van der Waals surface area contributed by atoms with Gasteiger partial charge in [-0.05, 0) is 66.8 Å². The number of carbonyl (C=O) groups excluding carboxylic acids is 1. The van der Waals surface area contributed by atoms with Crippen LogP contribution in [0.15, 0.2) is 54.6 Å². The zero-order chi connectivity index (χ0) is 22.6. The van der Waals surface area contributed by atoms with Gasteiger partial charge < -0.3 is 9.47 Å². The van der Waals surface area contributed by atoms with Crippen LogP contribution in [0.1, 0.15) is 57.6 Å². The lowest BCUT2D eigenvalue weighted by molar-refractivity contribution is 0.104. The molecule has 1 aromatic heterocycles. The minimum absolute atomic E-state index is 0.0226. The molecule has 3 aromatic rings. The van der Waals surface area contributed by atoms with Crippen molar-refractivity contribution in [1.82, 2.24) is 0 Å². The minimum Gasteiger partial charge on any atom is -0.496 e. The molecular formula is C27H30O3S. The van der Waals surface area contributed by atoms with Crippen LogP contribution in [0.4, 0.5) is 0 Å². The molecule has 0 atom stereocenters. The van der Waals surface area contributed by atoms with E-state index in [1.807, 2.05) is 56.3 Å².